The summed E-state index contributed by atoms with van der Waals surface area (Å²) < 4.78 is 4.56. The zero-order valence-corrected chi connectivity index (χ0v) is 12.3. The molecule has 1 aliphatic heterocycles. The molecule has 0 spiro atoms. The van der Waals surface area contributed by atoms with Crippen LogP contribution in [-0.2, 0) is 14.3 Å². The van der Waals surface area contributed by atoms with Gasteiger partial charge < -0.3 is 4.74 Å². The Morgan fingerprint density at radius 2 is 1.78 bits per heavy atom. The van der Waals surface area contributed by atoms with Crippen LogP contribution in [0, 0.1) is 33.1 Å². The lowest BCUT2D eigenvalue weighted by Gasteiger charge is -2.16. The van der Waals surface area contributed by atoms with E-state index in [0.717, 1.165) is 24.1 Å². The number of esters is 1. The molecule has 0 bridgehead atoms. The van der Waals surface area contributed by atoms with E-state index in [1.165, 1.54) is 6.92 Å². The number of rotatable bonds is 4. The molecule has 0 aliphatic carbocycles. The molecule has 0 N–H and O–H groups in total. The topological polar surface area (TPSA) is 133 Å². The van der Waals surface area contributed by atoms with E-state index in [1.807, 2.05) is 0 Å². The maximum atomic E-state index is 12.1. The maximum absolute atomic E-state index is 12.1. The Morgan fingerprint density at radius 3 is 2.22 bits per heavy atom. The molecular weight excluding hydrogens is 310 g/mol. The van der Waals surface area contributed by atoms with Crippen LogP contribution in [-0.4, -0.2) is 35.4 Å². The van der Waals surface area contributed by atoms with Crippen LogP contribution in [0.25, 0.3) is 0 Å². The fraction of sp³-hybridized carbons (Fsp3) is 0.385. The summed E-state index contributed by atoms with van der Waals surface area (Å²) in [6.45, 7) is 1.28. The minimum Gasteiger partial charge on any atom is -0.469 e. The van der Waals surface area contributed by atoms with Crippen LogP contribution >= 0.6 is 0 Å². The third kappa shape index (κ3) is 2.96. The number of hydrogen-bond donors (Lipinski definition) is 0. The largest absolute Gasteiger partial charge is 0.469 e. The van der Waals surface area contributed by atoms with E-state index in [0.29, 0.717) is 5.56 Å². The summed E-state index contributed by atoms with van der Waals surface area (Å²) in [7, 11) is 1.16. The number of methoxy groups -OCH3 is 1. The van der Waals surface area contributed by atoms with Gasteiger partial charge in [-0.2, -0.15) is 0 Å². The quantitative estimate of drug-likeness (QED) is 0.463. The molecule has 1 aromatic rings. The van der Waals surface area contributed by atoms with Crippen molar-refractivity contribution in [1.82, 2.24) is 0 Å². The lowest BCUT2D eigenvalue weighted by molar-refractivity contribution is -0.392. The number of ether oxygens (including phenoxy) is 1. The van der Waals surface area contributed by atoms with Crippen molar-refractivity contribution in [3.63, 3.8) is 0 Å². The van der Waals surface area contributed by atoms with Crippen LogP contribution in [0.5, 0.6) is 0 Å². The molecule has 1 heterocycles. The molecule has 122 valence electrons. The second-order valence-corrected chi connectivity index (χ2v) is 5.09. The number of anilines is 1. The molecule has 1 atom stereocenters. The van der Waals surface area contributed by atoms with Crippen LogP contribution in [0.1, 0.15) is 12.0 Å². The van der Waals surface area contributed by atoms with Crippen LogP contribution in [0.4, 0.5) is 17.1 Å². The molecule has 1 unspecified atom stereocenters. The first-order chi connectivity index (χ1) is 10.8. The van der Waals surface area contributed by atoms with Crippen molar-refractivity contribution in [3.8, 4) is 0 Å². The highest BCUT2D eigenvalue weighted by molar-refractivity contribution is 6.03. The van der Waals surface area contributed by atoms with Crippen LogP contribution in [0.15, 0.2) is 12.1 Å². The summed E-state index contributed by atoms with van der Waals surface area (Å²) in [6.07, 6.45) is -0.213. The number of benzene rings is 1. The van der Waals surface area contributed by atoms with Crippen LogP contribution in [0.3, 0.4) is 0 Å². The fourth-order valence-electron chi connectivity index (χ4n) is 2.54. The van der Waals surface area contributed by atoms with Gasteiger partial charge in [0.05, 0.1) is 22.9 Å². The van der Waals surface area contributed by atoms with Gasteiger partial charge in [-0.15, -0.1) is 0 Å². The minimum atomic E-state index is -0.812. The fourth-order valence-corrected chi connectivity index (χ4v) is 2.54. The first-order valence-electron chi connectivity index (χ1n) is 6.57. The minimum absolute atomic E-state index is 0.198. The second kappa shape index (κ2) is 5.99. The van der Waals surface area contributed by atoms with E-state index in [-0.39, 0.29) is 13.0 Å². The molecular formula is C13H13N3O7. The standard InChI is InChI=1S/C13H13N3O7/c1-7-3-9(15(19)20)12(10(4-7)16(21)22)14-6-8(5-11(14)17)13(18)23-2/h3-4,8H,5-6H2,1-2H3. The summed E-state index contributed by atoms with van der Waals surface area (Å²) in [5.41, 5.74) is -1.17. The molecule has 0 saturated carbocycles. The van der Waals surface area contributed by atoms with Gasteiger partial charge in [0.15, 0.2) is 0 Å². The Kier molecular flexibility index (Phi) is 4.25. The molecule has 23 heavy (non-hydrogen) atoms. The third-order valence-electron chi connectivity index (χ3n) is 3.54. The maximum Gasteiger partial charge on any atom is 0.311 e. The SMILES string of the molecule is COC(=O)C1CC(=O)N(c2c([N+](=O)[O-])cc(C)cc2[N+](=O)[O-])C1. The molecule has 10 heteroatoms. The van der Waals surface area contributed by atoms with Crippen molar-refractivity contribution in [2.45, 2.75) is 13.3 Å². The van der Waals surface area contributed by atoms with E-state index in [9.17, 15) is 29.8 Å². The second-order valence-electron chi connectivity index (χ2n) is 5.09. The molecule has 2 rings (SSSR count). The number of carbonyl (C=O) groups excluding carboxylic acids is 2. The Morgan fingerprint density at radius 1 is 1.26 bits per heavy atom. The van der Waals surface area contributed by atoms with Gasteiger partial charge >= 0.3 is 5.97 Å². The molecule has 0 radical (unpaired) electrons. The summed E-state index contributed by atoms with van der Waals surface area (Å²) in [5.74, 6) is -2.05. The van der Waals surface area contributed by atoms with Gasteiger partial charge in [-0.3, -0.25) is 34.7 Å². The normalized spacial score (nSPS) is 17.2. The predicted molar refractivity (Wildman–Crippen MR) is 77.0 cm³/mol. The van der Waals surface area contributed by atoms with E-state index >= 15 is 0 Å². The number of nitro groups is 2. The average Bonchev–Trinajstić information content (AvgIpc) is 2.87. The molecule has 1 fully saturated rings. The van der Waals surface area contributed by atoms with Gasteiger partial charge in [-0.05, 0) is 12.5 Å². The Hall–Kier alpha value is -3.04. The Balaban J connectivity index is 2.58. The molecule has 1 aromatic carbocycles. The first kappa shape index (κ1) is 16.3. The number of nitrogens with zero attached hydrogens (tertiary/aromatic N) is 3. The summed E-state index contributed by atoms with van der Waals surface area (Å²) >= 11 is 0. The Labute approximate surface area is 129 Å². The van der Waals surface area contributed by atoms with Crippen molar-refractivity contribution in [3.05, 3.63) is 37.9 Å². The zero-order chi connectivity index (χ0) is 17.3. The summed E-state index contributed by atoms with van der Waals surface area (Å²) in [4.78, 5) is 45.5. The lowest BCUT2D eigenvalue weighted by Crippen LogP contribution is -2.27. The highest BCUT2D eigenvalue weighted by atomic mass is 16.6. The van der Waals surface area contributed by atoms with E-state index in [2.05, 4.69) is 4.74 Å². The van der Waals surface area contributed by atoms with Gasteiger partial charge in [-0.25, -0.2) is 0 Å². The summed E-state index contributed by atoms with van der Waals surface area (Å²) in [6, 6.07) is 2.31. The smallest absolute Gasteiger partial charge is 0.311 e. The third-order valence-corrected chi connectivity index (χ3v) is 3.54. The van der Waals surface area contributed by atoms with Crippen LogP contribution < -0.4 is 4.90 Å². The van der Waals surface area contributed by atoms with Gasteiger partial charge in [-0.1, -0.05) is 0 Å². The highest BCUT2D eigenvalue weighted by Gasteiger charge is 2.42. The van der Waals surface area contributed by atoms with Crippen molar-refractivity contribution < 1.29 is 24.2 Å². The number of nitro benzene ring substituents is 2. The van der Waals surface area contributed by atoms with Gasteiger partial charge in [0.1, 0.15) is 0 Å². The summed E-state index contributed by atoms with van der Waals surface area (Å²) in [5, 5.41) is 22.5. The van der Waals surface area contributed by atoms with Gasteiger partial charge in [0, 0.05) is 25.1 Å². The van der Waals surface area contributed by atoms with Crippen LogP contribution in [0.2, 0.25) is 0 Å². The highest BCUT2D eigenvalue weighted by Crippen LogP contribution is 2.41. The number of carbonyl (C=O) groups is 2. The number of hydrogen-bond acceptors (Lipinski definition) is 7. The van der Waals surface area contributed by atoms with E-state index in [1.54, 1.807) is 0 Å². The Bertz CT molecular complexity index is 681. The van der Waals surface area contributed by atoms with E-state index in [4.69, 9.17) is 0 Å². The molecule has 10 nitrogen and oxygen atoms in total. The van der Waals surface area contributed by atoms with E-state index < -0.39 is 44.7 Å². The molecule has 0 aromatic heterocycles. The molecule has 1 saturated heterocycles. The predicted octanol–water partition coefficient (Wildman–Crippen LogP) is 1.34. The zero-order valence-electron chi connectivity index (χ0n) is 12.3. The van der Waals surface area contributed by atoms with Crippen molar-refractivity contribution >= 4 is 28.9 Å². The molecule has 1 amide bonds. The van der Waals surface area contributed by atoms with Crippen molar-refractivity contribution in [1.29, 1.82) is 0 Å². The van der Waals surface area contributed by atoms with Crippen molar-refractivity contribution in [2.24, 2.45) is 5.92 Å². The number of aryl methyl sites for hydroxylation is 1. The first-order valence-corrected chi connectivity index (χ1v) is 6.57. The molecule has 1 aliphatic rings. The number of amides is 1. The van der Waals surface area contributed by atoms with Gasteiger partial charge in [0.2, 0.25) is 11.6 Å². The van der Waals surface area contributed by atoms with Gasteiger partial charge in [0.25, 0.3) is 11.4 Å². The average molecular weight is 323 g/mol. The monoisotopic (exact) mass is 323 g/mol. The van der Waals surface area contributed by atoms with Crippen molar-refractivity contribution in [2.75, 3.05) is 18.6 Å². The lowest BCUT2D eigenvalue weighted by atomic mass is 10.1.